The van der Waals surface area contributed by atoms with Crippen LogP contribution < -0.4 is 15.4 Å². The number of anilines is 1. The zero-order valence-electron chi connectivity index (χ0n) is 14.8. The molecule has 1 fully saturated rings. The van der Waals surface area contributed by atoms with Crippen molar-refractivity contribution in [3.8, 4) is 0 Å². The second-order valence-corrected chi connectivity index (χ2v) is 8.15. The van der Waals surface area contributed by atoms with Gasteiger partial charge in [-0.15, -0.1) is 0 Å². The van der Waals surface area contributed by atoms with E-state index in [1.54, 1.807) is 24.0 Å². The normalized spacial score (nSPS) is 18.4. The van der Waals surface area contributed by atoms with Crippen molar-refractivity contribution in [1.82, 2.24) is 5.32 Å². The van der Waals surface area contributed by atoms with Crippen LogP contribution in [0.25, 0.3) is 0 Å². The summed E-state index contributed by atoms with van der Waals surface area (Å²) in [5.74, 6) is -0.708. The van der Waals surface area contributed by atoms with E-state index in [1.807, 2.05) is 30.3 Å². The number of carbonyl (C=O) groups excluding carboxylic acids is 2. The van der Waals surface area contributed by atoms with Crippen LogP contribution in [0.3, 0.4) is 0 Å². The third-order valence-electron chi connectivity index (χ3n) is 4.63. The van der Waals surface area contributed by atoms with Crippen LogP contribution in [0.2, 0.25) is 0 Å². The van der Waals surface area contributed by atoms with E-state index in [0.29, 0.717) is 6.54 Å². The Morgan fingerprint density at radius 3 is 2.37 bits per heavy atom. The van der Waals surface area contributed by atoms with Gasteiger partial charge in [0.1, 0.15) is 0 Å². The molecule has 0 bridgehead atoms. The van der Waals surface area contributed by atoms with E-state index in [2.05, 4.69) is 5.32 Å². The van der Waals surface area contributed by atoms with E-state index in [1.165, 1.54) is 12.1 Å². The monoisotopic (exact) mass is 387 g/mol. The molecule has 0 spiro atoms. The largest absolute Gasteiger partial charge is 0.349 e. The highest BCUT2D eigenvalue weighted by molar-refractivity contribution is 7.89. The van der Waals surface area contributed by atoms with Crippen LogP contribution in [-0.4, -0.2) is 26.8 Å². The Labute approximate surface area is 158 Å². The minimum Gasteiger partial charge on any atom is -0.349 e. The third-order valence-corrected chi connectivity index (χ3v) is 5.56. The van der Waals surface area contributed by atoms with E-state index in [9.17, 15) is 18.0 Å². The lowest BCUT2D eigenvalue weighted by atomic mass is 10.1. The topological polar surface area (TPSA) is 110 Å². The summed E-state index contributed by atoms with van der Waals surface area (Å²) >= 11 is 0. The van der Waals surface area contributed by atoms with Crippen molar-refractivity contribution in [2.24, 2.45) is 11.1 Å². The van der Waals surface area contributed by atoms with E-state index < -0.39 is 15.9 Å². The van der Waals surface area contributed by atoms with Gasteiger partial charge in [-0.1, -0.05) is 30.3 Å². The molecule has 1 saturated heterocycles. The van der Waals surface area contributed by atoms with Gasteiger partial charge in [0.05, 0.1) is 16.9 Å². The Hall–Kier alpha value is -2.71. The number of primary sulfonamides is 1. The molecule has 2 aromatic carbocycles. The summed E-state index contributed by atoms with van der Waals surface area (Å²) in [4.78, 5) is 26.5. The molecule has 142 valence electrons. The number of rotatable bonds is 5. The van der Waals surface area contributed by atoms with Gasteiger partial charge in [-0.3, -0.25) is 9.59 Å². The van der Waals surface area contributed by atoms with Crippen LogP contribution in [-0.2, 0) is 19.6 Å². The first-order valence-electron chi connectivity index (χ1n) is 8.54. The molecule has 0 aliphatic carbocycles. The van der Waals surface area contributed by atoms with Gasteiger partial charge < -0.3 is 10.2 Å². The molecule has 2 unspecified atom stereocenters. The molecule has 3 rings (SSSR count). The number of sulfonamides is 1. The quantitative estimate of drug-likeness (QED) is 0.811. The summed E-state index contributed by atoms with van der Waals surface area (Å²) in [5.41, 5.74) is 1.53. The van der Waals surface area contributed by atoms with Gasteiger partial charge in [-0.25, -0.2) is 13.6 Å². The number of hydrogen-bond donors (Lipinski definition) is 2. The molecule has 8 heteroatoms. The van der Waals surface area contributed by atoms with E-state index >= 15 is 0 Å². The second-order valence-electron chi connectivity index (χ2n) is 6.59. The predicted octanol–water partition coefficient (Wildman–Crippen LogP) is 1.56. The van der Waals surface area contributed by atoms with Crippen LogP contribution in [0, 0.1) is 5.92 Å². The zero-order chi connectivity index (χ0) is 19.6. The maximum absolute atomic E-state index is 12.6. The number of benzene rings is 2. The van der Waals surface area contributed by atoms with Crippen molar-refractivity contribution < 1.29 is 18.0 Å². The Balaban J connectivity index is 1.64. The molecule has 0 aromatic heterocycles. The molecule has 27 heavy (non-hydrogen) atoms. The van der Waals surface area contributed by atoms with Crippen molar-refractivity contribution in [3.63, 3.8) is 0 Å². The number of nitrogens with two attached hydrogens (primary N) is 1. The highest BCUT2D eigenvalue weighted by Crippen LogP contribution is 2.25. The van der Waals surface area contributed by atoms with Gasteiger partial charge in [0.25, 0.3) is 0 Å². The first kappa shape index (κ1) is 19.1. The lowest BCUT2D eigenvalue weighted by molar-refractivity contribution is -0.126. The van der Waals surface area contributed by atoms with Crippen molar-refractivity contribution in [2.75, 3.05) is 11.4 Å². The molecule has 2 amide bonds. The molecular weight excluding hydrogens is 366 g/mol. The molecular formula is C19H21N3O4S. The molecule has 0 saturated carbocycles. The number of amides is 2. The van der Waals surface area contributed by atoms with Crippen molar-refractivity contribution in [2.45, 2.75) is 24.3 Å². The predicted molar refractivity (Wildman–Crippen MR) is 101 cm³/mol. The number of hydrogen-bond acceptors (Lipinski definition) is 4. The Bertz CT molecular complexity index is 943. The average Bonchev–Trinajstić information content (AvgIpc) is 3.04. The SMILES string of the molecule is CC(NC(=O)C1CC(=O)N(c2ccccc2)C1)c1ccc(S(N)(=O)=O)cc1. The number of carbonyl (C=O) groups is 2. The van der Waals surface area contributed by atoms with Gasteiger partial charge in [-0.05, 0) is 36.8 Å². The molecule has 2 aromatic rings. The van der Waals surface area contributed by atoms with Crippen LogP contribution in [0.15, 0.2) is 59.5 Å². The number of nitrogens with zero attached hydrogens (tertiary/aromatic N) is 1. The summed E-state index contributed by atoms with van der Waals surface area (Å²) < 4.78 is 22.6. The summed E-state index contributed by atoms with van der Waals surface area (Å²) in [6.45, 7) is 2.14. The minimum absolute atomic E-state index is 0.0182. The van der Waals surface area contributed by atoms with Crippen molar-refractivity contribution in [1.29, 1.82) is 0 Å². The Morgan fingerprint density at radius 1 is 1.15 bits per heavy atom. The summed E-state index contributed by atoms with van der Waals surface area (Å²) in [6.07, 6.45) is 0.164. The fraction of sp³-hybridized carbons (Fsp3) is 0.263. The van der Waals surface area contributed by atoms with Gasteiger partial charge in [0.2, 0.25) is 21.8 Å². The lowest BCUT2D eigenvalue weighted by Gasteiger charge is -2.19. The molecule has 1 aliphatic rings. The summed E-state index contributed by atoms with van der Waals surface area (Å²) in [5, 5.41) is 7.98. The summed E-state index contributed by atoms with van der Waals surface area (Å²) in [7, 11) is -3.75. The van der Waals surface area contributed by atoms with Gasteiger partial charge in [0.15, 0.2) is 0 Å². The zero-order valence-corrected chi connectivity index (χ0v) is 15.6. The molecule has 2 atom stereocenters. The first-order valence-corrected chi connectivity index (χ1v) is 10.1. The van der Waals surface area contributed by atoms with E-state index in [0.717, 1.165) is 11.3 Å². The highest BCUT2D eigenvalue weighted by Gasteiger charge is 2.35. The van der Waals surface area contributed by atoms with Crippen molar-refractivity contribution in [3.05, 3.63) is 60.2 Å². The van der Waals surface area contributed by atoms with E-state index in [4.69, 9.17) is 5.14 Å². The van der Waals surface area contributed by atoms with Gasteiger partial charge in [-0.2, -0.15) is 0 Å². The molecule has 3 N–H and O–H groups in total. The summed E-state index contributed by atoms with van der Waals surface area (Å²) in [6, 6.07) is 15.0. The Kier molecular flexibility index (Phi) is 5.29. The third kappa shape index (κ3) is 4.35. The fourth-order valence-corrected chi connectivity index (χ4v) is 3.62. The van der Waals surface area contributed by atoms with Crippen LogP contribution in [0.4, 0.5) is 5.69 Å². The van der Waals surface area contributed by atoms with Crippen LogP contribution in [0.5, 0.6) is 0 Å². The van der Waals surface area contributed by atoms with E-state index in [-0.39, 0.29) is 29.2 Å². The second kappa shape index (κ2) is 7.50. The average molecular weight is 387 g/mol. The van der Waals surface area contributed by atoms with Crippen molar-refractivity contribution >= 4 is 27.5 Å². The fourth-order valence-electron chi connectivity index (χ4n) is 3.10. The highest BCUT2D eigenvalue weighted by atomic mass is 32.2. The number of para-hydroxylation sites is 1. The van der Waals surface area contributed by atoms with Gasteiger partial charge in [0, 0.05) is 18.7 Å². The lowest BCUT2D eigenvalue weighted by Crippen LogP contribution is -2.34. The number of nitrogens with one attached hydrogen (secondary N) is 1. The van der Waals surface area contributed by atoms with Crippen LogP contribution >= 0.6 is 0 Å². The van der Waals surface area contributed by atoms with Gasteiger partial charge >= 0.3 is 0 Å². The standard InChI is InChI=1S/C19H21N3O4S/c1-13(14-7-9-17(10-8-14)27(20,25)26)21-19(24)15-11-18(23)22(12-15)16-5-3-2-4-6-16/h2-10,13,15H,11-12H2,1H3,(H,21,24)(H2,20,25,26). The molecule has 1 aliphatic heterocycles. The minimum atomic E-state index is -3.75. The Morgan fingerprint density at radius 2 is 1.78 bits per heavy atom. The smallest absolute Gasteiger partial charge is 0.238 e. The molecule has 7 nitrogen and oxygen atoms in total. The molecule has 1 heterocycles. The molecule has 0 radical (unpaired) electrons. The van der Waals surface area contributed by atoms with Crippen LogP contribution in [0.1, 0.15) is 24.9 Å². The maximum atomic E-state index is 12.6. The first-order chi connectivity index (χ1) is 12.8. The maximum Gasteiger partial charge on any atom is 0.238 e.